The molecule has 2 fully saturated rings. The van der Waals surface area contributed by atoms with E-state index in [1.54, 1.807) is 0 Å². The van der Waals surface area contributed by atoms with Crippen molar-refractivity contribution in [2.45, 2.75) is 59.0 Å². The van der Waals surface area contributed by atoms with Crippen LogP contribution >= 0.6 is 0 Å². The van der Waals surface area contributed by atoms with Gasteiger partial charge in [-0.25, -0.2) is 0 Å². The van der Waals surface area contributed by atoms with Crippen molar-refractivity contribution in [2.75, 3.05) is 31.1 Å². The van der Waals surface area contributed by atoms with E-state index in [-0.39, 0.29) is 11.9 Å². The van der Waals surface area contributed by atoms with Gasteiger partial charge in [-0.15, -0.1) is 0 Å². The van der Waals surface area contributed by atoms with E-state index in [1.165, 1.54) is 29.0 Å². The van der Waals surface area contributed by atoms with Crippen LogP contribution in [0.25, 0.3) is 0 Å². The fourth-order valence-electron chi connectivity index (χ4n) is 4.66. The fraction of sp³-hybridized carbons (Fsp3) is 0.682. The molecule has 0 bridgehead atoms. The summed E-state index contributed by atoms with van der Waals surface area (Å²) in [5.74, 6) is 1.55. The van der Waals surface area contributed by atoms with E-state index in [2.05, 4.69) is 62.2 Å². The second-order valence-electron chi connectivity index (χ2n) is 8.54. The predicted octanol–water partition coefficient (Wildman–Crippen LogP) is 2.03. The number of carbonyl (C=O) groups excluding carboxylic acids is 1. The molecule has 4 nitrogen and oxygen atoms in total. The number of amides is 1. The molecule has 1 aromatic carbocycles. The molecule has 0 radical (unpaired) electrons. The first-order chi connectivity index (χ1) is 12.5. The summed E-state index contributed by atoms with van der Waals surface area (Å²) >= 11 is 0. The number of nitrogens with one attached hydrogen (secondary N) is 2. The standard InChI is InChI=1S/C22H35N3O/c1-16-9-7-10-20(18(16)3)23-22(26)19(4)24-12-14-25(15-13-24)21-11-6-5-8-17(21)2/h5-6,8,11,16,18-20H,7,9-10,12-15H2,1-4H3,(H,23,26)/p+1/t16-,18-,19-,20-/m0/s1. The molecule has 1 aliphatic heterocycles. The van der Waals surface area contributed by atoms with E-state index in [4.69, 9.17) is 0 Å². The minimum absolute atomic E-state index is 0.0402. The van der Waals surface area contributed by atoms with E-state index in [0.29, 0.717) is 17.9 Å². The summed E-state index contributed by atoms with van der Waals surface area (Å²) in [6, 6.07) is 9.00. The van der Waals surface area contributed by atoms with Gasteiger partial charge in [0, 0.05) is 11.7 Å². The molecule has 144 valence electrons. The second-order valence-corrected chi connectivity index (χ2v) is 8.54. The molecule has 0 aromatic heterocycles. The molecule has 26 heavy (non-hydrogen) atoms. The van der Waals surface area contributed by atoms with E-state index < -0.39 is 0 Å². The highest BCUT2D eigenvalue weighted by atomic mass is 16.2. The lowest BCUT2D eigenvalue weighted by atomic mass is 9.78. The number of para-hydroxylation sites is 1. The van der Waals surface area contributed by atoms with Crippen molar-refractivity contribution in [3.05, 3.63) is 29.8 Å². The molecule has 2 aliphatic rings. The summed E-state index contributed by atoms with van der Waals surface area (Å²) in [5, 5.41) is 3.37. The first-order valence-electron chi connectivity index (χ1n) is 10.4. The molecule has 3 rings (SSSR count). The van der Waals surface area contributed by atoms with Gasteiger partial charge in [0.1, 0.15) is 0 Å². The molecule has 1 aromatic rings. The van der Waals surface area contributed by atoms with Crippen LogP contribution in [0.15, 0.2) is 24.3 Å². The van der Waals surface area contributed by atoms with Crippen LogP contribution in [0.4, 0.5) is 5.69 Å². The number of piperazine rings is 1. The Bertz CT molecular complexity index is 609. The topological polar surface area (TPSA) is 36.8 Å². The Morgan fingerprint density at radius 1 is 1.19 bits per heavy atom. The summed E-state index contributed by atoms with van der Waals surface area (Å²) in [6.07, 6.45) is 3.68. The third-order valence-corrected chi connectivity index (χ3v) is 6.90. The first-order valence-corrected chi connectivity index (χ1v) is 10.4. The maximum Gasteiger partial charge on any atom is 0.278 e. The van der Waals surface area contributed by atoms with Gasteiger partial charge in [0.2, 0.25) is 0 Å². The molecular weight excluding hydrogens is 322 g/mol. The molecule has 4 heteroatoms. The van der Waals surface area contributed by atoms with Crippen LogP contribution in [0, 0.1) is 18.8 Å². The van der Waals surface area contributed by atoms with Gasteiger partial charge in [0.25, 0.3) is 5.91 Å². The van der Waals surface area contributed by atoms with Gasteiger partial charge in [0.05, 0.1) is 26.2 Å². The first kappa shape index (κ1) is 19.2. The van der Waals surface area contributed by atoms with Crippen molar-refractivity contribution in [3.63, 3.8) is 0 Å². The van der Waals surface area contributed by atoms with Crippen LogP contribution in [0.2, 0.25) is 0 Å². The molecule has 1 aliphatic carbocycles. The number of anilines is 1. The highest BCUT2D eigenvalue weighted by Gasteiger charge is 2.33. The lowest BCUT2D eigenvalue weighted by molar-refractivity contribution is -0.914. The number of benzene rings is 1. The van der Waals surface area contributed by atoms with Crippen molar-refractivity contribution in [1.29, 1.82) is 0 Å². The van der Waals surface area contributed by atoms with Crippen molar-refractivity contribution >= 4 is 11.6 Å². The number of hydrogen-bond acceptors (Lipinski definition) is 2. The van der Waals surface area contributed by atoms with Gasteiger partial charge in [0.15, 0.2) is 6.04 Å². The Kier molecular flexibility index (Phi) is 6.23. The average molecular weight is 359 g/mol. The number of rotatable bonds is 4. The van der Waals surface area contributed by atoms with Gasteiger partial charge in [-0.1, -0.05) is 44.9 Å². The van der Waals surface area contributed by atoms with Crippen molar-refractivity contribution < 1.29 is 9.69 Å². The third-order valence-electron chi connectivity index (χ3n) is 6.90. The summed E-state index contributed by atoms with van der Waals surface area (Å²) in [6.45, 7) is 13.0. The number of aryl methyl sites for hydroxylation is 1. The Balaban J connectivity index is 1.52. The zero-order valence-corrected chi connectivity index (χ0v) is 16.9. The molecule has 0 spiro atoms. The second kappa shape index (κ2) is 8.43. The fourth-order valence-corrected chi connectivity index (χ4v) is 4.66. The molecule has 1 saturated heterocycles. The summed E-state index contributed by atoms with van der Waals surface area (Å²) in [5.41, 5.74) is 2.68. The number of carbonyl (C=O) groups is 1. The summed E-state index contributed by atoms with van der Waals surface area (Å²) < 4.78 is 0. The normalized spacial score (nSPS) is 28.6. The minimum Gasteiger partial charge on any atom is -0.360 e. The lowest BCUT2D eigenvalue weighted by Gasteiger charge is -2.38. The SMILES string of the molecule is Cc1ccccc1N1CC[NH+]([C@@H](C)C(=O)N[C@H]2CCC[C@H](C)[C@@H]2C)CC1. The average Bonchev–Trinajstić information content (AvgIpc) is 2.65. The van der Waals surface area contributed by atoms with Crippen molar-refractivity contribution in [3.8, 4) is 0 Å². The monoisotopic (exact) mass is 358 g/mol. The van der Waals surface area contributed by atoms with Gasteiger partial charge < -0.3 is 15.1 Å². The van der Waals surface area contributed by atoms with Crippen molar-refractivity contribution in [2.24, 2.45) is 11.8 Å². The van der Waals surface area contributed by atoms with E-state index in [1.807, 2.05) is 0 Å². The Morgan fingerprint density at radius 2 is 1.88 bits per heavy atom. The molecule has 1 heterocycles. The largest absolute Gasteiger partial charge is 0.360 e. The third kappa shape index (κ3) is 4.22. The molecular formula is C22H36N3O+. The minimum atomic E-state index is 0.0402. The van der Waals surface area contributed by atoms with E-state index >= 15 is 0 Å². The van der Waals surface area contributed by atoms with Crippen LogP contribution in [0.1, 0.15) is 45.6 Å². The van der Waals surface area contributed by atoms with Crippen LogP contribution in [0.5, 0.6) is 0 Å². The maximum atomic E-state index is 12.8. The molecule has 0 unspecified atom stereocenters. The van der Waals surface area contributed by atoms with Crippen molar-refractivity contribution in [1.82, 2.24) is 5.32 Å². The highest BCUT2D eigenvalue weighted by molar-refractivity contribution is 5.80. The zero-order chi connectivity index (χ0) is 18.7. The van der Waals surface area contributed by atoms with Gasteiger partial charge in [-0.3, -0.25) is 4.79 Å². The lowest BCUT2D eigenvalue weighted by Crippen LogP contribution is -3.19. The van der Waals surface area contributed by atoms with Crippen LogP contribution < -0.4 is 15.1 Å². The van der Waals surface area contributed by atoms with Crippen LogP contribution in [-0.4, -0.2) is 44.2 Å². The van der Waals surface area contributed by atoms with E-state index in [9.17, 15) is 4.79 Å². The number of quaternary nitrogens is 1. The summed E-state index contributed by atoms with van der Waals surface area (Å²) in [7, 11) is 0. The summed E-state index contributed by atoms with van der Waals surface area (Å²) in [4.78, 5) is 16.7. The van der Waals surface area contributed by atoms with Gasteiger partial charge in [-0.2, -0.15) is 0 Å². The Hall–Kier alpha value is -1.55. The Labute approximate surface area is 158 Å². The molecule has 1 saturated carbocycles. The molecule has 4 atom stereocenters. The van der Waals surface area contributed by atoms with Crippen LogP contribution in [0.3, 0.4) is 0 Å². The number of nitrogens with zero attached hydrogens (tertiary/aromatic N) is 1. The quantitative estimate of drug-likeness (QED) is 0.864. The van der Waals surface area contributed by atoms with Gasteiger partial charge in [-0.05, 0) is 43.7 Å². The van der Waals surface area contributed by atoms with Gasteiger partial charge >= 0.3 is 0 Å². The smallest absolute Gasteiger partial charge is 0.278 e. The van der Waals surface area contributed by atoms with Crippen LogP contribution in [-0.2, 0) is 4.79 Å². The molecule has 2 N–H and O–H groups in total. The maximum absolute atomic E-state index is 12.8. The predicted molar refractivity (Wildman–Crippen MR) is 108 cm³/mol. The zero-order valence-electron chi connectivity index (χ0n) is 16.9. The van der Waals surface area contributed by atoms with E-state index in [0.717, 1.165) is 32.6 Å². The Morgan fingerprint density at radius 3 is 2.58 bits per heavy atom. The number of hydrogen-bond donors (Lipinski definition) is 2. The molecule has 1 amide bonds. The highest BCUT2D eigenvalue weighted by Crippen LogP contribution is 2.29.